The largest absolute Gasteiger partial charge is 0.397 e. The molecule has 0 aliphatic carbocycles. The molecule has 1 aliphatic rings. The van der Waals surface area contributed by atoms with Gasteiger partial charge in [-0.05, 0) is 0 Å². The lowest BCUT2D eigenvalue weighted by atomic mass is 10.0. The van der Waals surface area contributed by atoms with Crippen molar-refractivity contribution in [3.05, 3.63) is 0 Å². The van der Waals surface area contributed by atoms with Crippen LogP contribution in [-0.2, 0) is 29.6 Å². The smallest absolute Gasteiger partial charge is 0.391 e. The summed E-state index contributed by atoms with van der Waals surface area (Å²) < 4.78 is 68.9. The third-order valence-corrected chi connectivity index (χ3v) is 3.25. The molecule has 0 spiro atoms. The van der Waals surface area contributed by atoms with Crippen LogP contribution in [0.4, 0.5) is 0 Å². The van der Waals surface area contributed by atoms with Crippen LogP contribution >= 0.6 is 0 Å². The van der Waals surface area contributed by atoms with Crippen molar-refractivity contribution < 1.29 is 45.1 Å². The quantitative estimate of drug-likeness (QED) is 0.328. The van der Waals surface area contributed by atoms with Crippen molar-refractivity contribution in [2.24, 2.45) is 0 Å². The molecule has 1 aliphatic heterocycles. The maximum atomic E-state index is 10.6. The molecule has 0 aromatic rings. The molecular weight excluding hydrogens is 310 g/mol. The summed E-state index contributed by atoms with van der Waals surface area (Å²) in [6.07, 6.45) is -4.67. The van der Waals surface area contributed by atoms with Gasteiger partial charge in [0.2, 0.25) is 0 Å². The van der Waals surface area contributed by atoms with Crippen molar-refractivity contribution >= 4 is 20.7 Å². The molecule has 1 saturated heterocycles. The SMILES string of the molecule is O=S(=O)(O)N[C@H]1C(O)CC(COS(=O)(=O)O)O[C@H]1O. The van der Waals surface area contributed by atoms with E-state index in [1.165, 1.54) is 0 Å². The number of ether oxygens (including phenoxy) is 1. The van der Waals surface area contributed by atoms with Gasteiger partial charge in [-0.15, -0.1) is 0 Å². The van der Waals surface area contributed by atoms with Gasteiger partial charge in [0.15, 0.2) is 6.29 Å². The van der Waals surface area contributed by atoms with Crippen LogP contribution in [-0.4, -0.2) is 67.3 Å². The molecule has 13 heteroatoms. The van der Waals surface area contributed by atoms with E-state index >= 15 is 0 Å². The molecule has 19 heavy (non-hydrogen) atoms. The predicted molar refractivity (Wildman–Crippen MR) is 57.5 cm³/mol. The van der Waals surface area contributed by atoms with E-state index in [1.54, 1.807) is 4.72 Å². The Morgan fingerprint density at radius 1 is 1.21 bits per heavy atom. The van der Waals surface area contributed by atoms with Crippen LogP contribution in [0.25, 0.3) is 0 Å². The summed E-state index contributed by atoms with van der Waals surface area (Å²) in [5, 5.41) is 19.0. The third-order valence-electron chi connectivity index (χ3n) is 2.25. The summed E-state index contributed by atoms with van der Waals surface area (Å²) in [5.74, 6) is 0. The van der Waals surface area contributed by atoms with Crippen molar-refractivity contribution in [3.8, 4) is 0 Å². The fraction of sp³-hybridized carbons (Fsp3) is 1.00. The maximum absolute atomic E-state index is 10.6. The minimum Gasteiger partial charge on any atom is -0.391 e. The maximum Gasteiger partial charge on any atom is 0.397 e. The van der Waals surface area contributed by atoms with Gasteiger partial charge in [0.25, 0.3) is 0 Å². The highest BCUT2D eigenvalue weighted by molar-refractivity contribution is 7.83. The first-order valence-corrected chi connectivity index (χ1v) is 7.66. The van der Waals surface area contributed by atoms with E-state index in [4.69, 9.17) is 13.8 Å². The zero-order valence-corrected chi connectivity index (χ0v) is 10.9. The van der Waals surface area contributed by atoms with Crippen LogP contribution in [0.2, 0.25) is 0 Å². The number of rotatable bonds is 5. The summed E-state index contributed by atoms with van der Waals surface area (Å²) in [4.78, 5) is 0. The standard InChI is InChI=1S/C6H13NO10S2/c8-4-1-3(2-16-19(13,14)15)17-6(9)5(4)7-18(10,11)12/h3-9H,1-2H2,(H,10,11,12)(H,13,14,15)/t3?,4?,5-,6+/m0/s1. The number of hydrogen-bond donors (Lipinski definition) is 5. The average Bonchev–Trinajstić information content (AvgIpc) is 2.18. The van der Waals surface area contributed by atoms with Gasteiger partial charge < -0.3 is 14.9 Å². The molecule has 0 aromatic heterocycles. The lowest BCUT2D eigenvalue weighted by Crippen LogP contribution is -2.57. The van der Waals surface area contributed by atoms with Gasteiger partial charge >= 0.3 is 20.7 Å². The average molecular weight is 323 g/mol. The Bertz CT molecular complexity index is 488. The van der Waals surface area contributed by atoms with Crippen LogP contribution in [0.1, 0.15) is 6.42 Å². The second kappa shape index (κ2) is 5.94. The van der Waals surface area contributed by atoms with Gasteiger partial charge in [-0.25, -0.2) is 4.18 Å². The van der Waals surface area contributed by atoms with E-state index in [-0.39, 0.29) is 6.42 Å². The molecule has 11 nitrogen and oxygen atoms in total. The highest BCUT2D eigenvalue weighted by Gasteiger charge is 2.39. The van der Waals surface area contributed by atoms with Gasteiger partial charge in [0, 0.05) is 6.42 Å². The van der Waals surface area contributed by atoms with Gasteiger partial charge in [0.1, 0.15) is 6.04 Å². The van der Waals surface area contributed by atoms with Crippen LogP contribution in [0.15, 0.2) is 0 Å². The summed E-state index contributed by atoms with van der Waals surface area (Å²) in [6.45, 7) is -0.675. The fourth-order valence-electron chi connectivity index (χ4n) is 1.52. The Balaban J connectivity index is 2.61. The Morgan fingerprint density at radius 3 is 2.21 bits per heavy atom. The molecule has 4 atom stereocenters. The Morgan fingerprint density at radius 2 is 1.79 bits per heavy atom. The molecule has 2 unspecified atom stereocenters. The summed E-state index contributed by atoms with van der Waals surface area (Å²) in [5.41, 5.74) is 0. The van der Waals surface area contributed by atoms with E-state index in [1.807, 2.05) is 0 Å². The van der Waals surface area contributed by atoms with Crippen LogP contribution in [0.3, 0.4) is 0 Å². The zero-order chi connectivity index (χ0) is 14.8. The third kappa shape index (κ3) is 6.07. The van der Waals surface area contributed by atoms with Crippen molar-refractivity contribution in [1.29, 1.82) is 0 Å². The number of hydrogen-bond acceptors (Lipinski definition) is 8. The van der Waals surface area contributed by atoms with E-state index in [0.29, 0.717) is 0 Å². The van der Waals surface area contributed by atoms with E-state index in [0.717, 1.165) is 0 Å². The van der Waals surface area contributed by atoms with Gasteiger partial charge in [-0.1, -0.05) is 0 Å². The summed E-state index contributed by atoms with van der Waals surface area (Å²) in [6, 6.07) is -1.52. The Hall–Kier alpha value is -0.380. The second-order valence-electron chi connectivity index (χ2n) is 3.78. The minimum atomic E-state index is -4.70. The first kappa shape index (κ1) is 16.7. The molecule has 5 N–H and O–H groups in total. The second-order valence-corrected chi connectivity index (χ2v) is 6.06. The van der Waals surface area contributed by atoms with E-state index < -0.39 is 51.8 Å². The fourth-order valence-corrected chi connectivity index (χ4v) is 2.46. The molecule has 0 amide bonds. The number of aliphatic hydroxyl groups excluding tert-OH is 2. The highest BCUT2D eigenvalue weighted by Crippen LogP contribution is 2.20. The first-order chi connectivity index (χ1) is 8.48. The van der Waals surface area contributed by atoms with Gasteiger partial charge in [-0.2, -0.15) is 21.6 Å². The molecule has 0 saturated carbocycles. The summed E-state index contributed by atoms with van der Waals surface area (Å²) in [7, 11) is -9.36. The van der Waals surface area contributed by atoms with E-state index in [9.17, 15) is 27.0 Å². The molecule has 1 rings (SSSR count). The Labute approximate surface area is 109 Å². The van der Waals surface area contributed by atoms with Gasteiger partial charge in [-0.3, -0.25) is 9.11 Å². The zero-order valence-electron chi connectivity index (χ0n) is 9.28. The molecule has 1 heterocycles. The summed E-state index contributed by atoms with van der Waals surface area (Å²) >= 11 is 0. The molecule has 0 aromatic carbocycles. The molecule has 1 fully saturated rings. The van der Waals surface area contributed by atoms with Crippen LogP contribution in [0, 0.1) is 0 Å². The number of nitrogens with one attached hydrogen (secondary N) is 1. The van der Waals surface area contributed by atoms with E-state index in [2.05, 4.69) is 4.18 Å². The molecular formula is C6H13NO10S2. The van der Waals surface area contributed by atoms with Crippen molar-refractivity contribution in [3.63, 3.8) is 0 Å². The lowest BCUT2D eigenvalue weighted by Gasteiger charge is -2.36. The minimum absolute atomic E-state index is 0.292. The molecule has 114 valence electrons. The molecule has 0 radical (unpaired) electrons. The predicted octanol–water partition coefficient (Wildman–Crippen LogP) is -2.96. The highest BCUT2D eigenvalue weighted by atomic mass is 32.3. The normalized spacial score (nSPS) is 33.3. The Kier molecular flexibility index (Phi) is 5.21. The molecule has 0 bridgehead atoms. The van der Waals surface area contributed by atoms with Crippen molar-refractivity contribution in [2.45, 2.75) is 31.0 Å². The van der Waals surface area contributed by atoms with Crippen molar-refractivity contribution in [1.82, 2.24) is 4.72 Å². The van der Waals surface area contributed by atoms with Crippen LogP contribution in [0.5, 0.6) is 0 Å². The van der Waals surface area contributed by atoms with Crippen molar-refractivity contribution in [2.75, 3.05) is 6.61 Å². The monoisotopic (exact) mass is 323 g/mol. The topological polar surface area (TPSA) is 180 Å². The van der Waals surface area contributed by atoms with Crippen LogP contribution < -0.4 is 4.72 Å². The first-order valence-electron chi connectivity index (χ1n) is 4.86. The van der Waals surface area contributed by atoms with Gasteiger partial charge in [0.05, 0.1) is 18.8 Å². The number of aliphatic hydroxyl groups is 2. The lowest BCUT2D eigenvalue weighted by molar-refractivity contribution is -0.209.